The van der Waals surface area contributed by atoms with Gasteiger partial charge in [0.2, 0.25) is 5.17 Å². The number of carbonyl (C=O) groups excluding carboxylic acids is 1. The van der Waals surface area contributed by atoms with Gasteiger partial charge in [0.15, 0.2) is 17.3 Å². The Bertz CT molecular complexity index is 1200. The van der Waals surface area contributed by atoms with E-state index in [0.29, 0.717) is 33.9 Å². The first-order chi connectivity index (χ1) is 16.5. The number of rotatable bonds is 9. The average molecular weight is 515 g/mol. The van der Waals surface area contributed by atoms with Crippen LogP contribution in [0.4, 0.5) is 0 Å². The van der Waals surface area contributed by atoms with Gasteiger partial charge in [0.05, 0.1) is 19.3 Å². The monoisotopic (exact) mass is 514 g/mol. The normalized spacial score (nSPS) is 16.4. The Labute approximate surface area is 211 Å². The molecule has 2 aromatic carbocycles. The maximum Gasteiger partial charge on any atom is 0.283 e. The van der Waals surface area contributed by atoms with E-state index >= 15 is 0 Å². The molecule has 0 radical (unpaired) electrons. The molecule has 7 nitrogen and oxygen atoms in total. The molecule has 2 aromatic rings. The third-order valence-electron chi connectivity index (χ3n) is 4.88. The zero-order chi connectivity index (χ0) is 24.1. The number of carbonyl (C=O) groups is 1. The summed E-state index contributed by atoms with van der Waals surface area (Å²) in [5, 5.41) is 16.4. The van der Waals surface area contributed by atoms with Crippen LogP contribution in [-0.2, 0) is 4.79 Å². The highest BCUT2D eigenvalue weighted by Crippen LogP contribution is 2.32. The summed E-state index contributed by atoms with van der Waals surface area (Å²) in [7, 11) is 1.57. The fourth-order valence-corrected chi connectivity index (χ4v) is 5.09. The van der Waals surface area contributed by atoms with Gasteiger partial charge >= 0.3 is 0 Å². The van der Waals surface area contributed by atoms with Gasteiger partial charge in [0.25, 0.3) is 5.91 Å². The third kappa shape index (κ3) is 5.65. The molecule has 0 fully saturated rings. The number of hydrazone groups is 1. The van der Waals surface area contributed by atoms with Crippen LogP contribution in [-0.4, -0.2) is 46.4 Å². The van der Waals surface area contributed by atoms with Crippen LogP contribution in [0.5, 0.6) is 11.5 Å². The molecule has 0 aliphatic carbocycles. The number of fused-ring (bicyclic) bond motifs is 1. The van der Waals surface area contributed by atoms with E-state index in [1.54, 1.807) is 37.1 Å². The van der Waals surface area contributed by atoms with E-state index in [9.17, 15) is 4.79 Å². The maximum absolute atomic E-state index is 12.6. The van der Waals surface area contributed by atoms with Crippen LogP contribution in [0.2, 0.25) is 5.02 Å². The number of benzene rings is 2. The first kappa shape index (κ1) is 24.4. The van der Waals surface area contributed by atoms with Crippen molar-refractivity contribution in [3.05, 3.63) is 58.6 Å². The van der Waals surface area contributed by atoms with Gasteiger partial charge in [-0.25, -0.2) is 0 Å². The summed E-state index contributed by atoms with van der Waals surface area (Å²) in [6.45, 7) is 2.55. The van der Waals surface area contributed by atoms with Crippen molar-refractivity contribution >= 4 is 63.2 Å². The van der Waals surface area contributed by atoms with Crippen LogP contribution >= 0.6 is 35.1 Å². The SMILES string of the molecule is CCCC1=NN2C(=N)C(=Cc3ccc(OCCSc4ccc(Cl)cc4)c(OC)c3)C(=O)N=C2S1. The van der Waals surface area contributed by atoms with E-state index in [2.05, 4.69) is 17.0 Å². The van der Waals surface area contributed by atoms with Crippen molar-refractivity contribution in [3.8, 4) is 11.5 Å². The van der Waals surface area contributed by atoms with Gasteiger partial charge in [-0.2, -0.15) is 15.1 Å². The minimum atomic E-state index is -0.449. The molecule has 0 saturated carbocycles. The van der Waals surface area contributed by atoms with Crippen LogP contribution in [0.25, 0.3) is 6.08 Å². The predicted molar refractivity (Wildman–Crippen MR) is 141 cm³/mol. The lowest BCUT2D eigenvalue weighted by atomic mass is 10.1. The summed E-state index contributed by atoms with van der Waals surface area (Å²) < 4.78 is 11.4. The van der Waals surface area contributed by atoms with Crippen LogP contribution in [0.3, 0.4) is 0 Å². The molecule has 0 saturated heterocycles. The number of nitrogens with zero attached hydrogens (tertiary/aromatic N) is 3. The van der Waals surface area contributed by atoms with Gasteiger partial charge in [0, 0.05) is 15.7 Å². The second kappa shape index (κ2) is 11.1. The minimum Gasteiger partial charge on any atom is -0.493 e. The zero-order valence-electron chi connectivity index (χ0n) is 18.7. The van der Waals surface area contributed by atoms with Crippen LogP contribution in [0.1, 0.15) is 25.3 Å². The molecule has 2 heterocycles. The lowest BCUT2D eigenvalue weighted by Crippen LogP contribution is -2.35. The number of amides is 1. The van der Waals surface area contributed by atoms with Crippen molar-refractivity contribution in [1.82, 2.24) is 5.01 Å². The fourth-order valence-electron chi connectivity index (χ4n) is 3.25. The number of hydrogen-bond donors (Lipinski definition) is 1. The minimum absolute atomic E-state index is 0.0205. The molecule has 10 heteroatoms. The molecule has 0 spiro atoms. The molecule has 176 valence electrons. The summed E-state index contributed by atoms with van der Waals surface area (Å²) in [6.07, 6.45) is 3.36. The molecule has 34 heavy (non-hydrogen) atoms. The van der Waals surface area contributed by atoms with Gasteiger partial charge < -0.3 is 9.47 Å². The largest absolute Gasteiger partial charge is 0.493 e. The smallest absolute Gasteiger partial charge is 0.283 e. The molecule has 0 atom stereocenters. The number of amidine groups is 2. The highest BCUT2D eigenvalue weighted by atomic mass is 35.5. The Morgan fingerprint density at radius 3 is 2.74 bits per heavy atom. The number of nitrogens with one attached hydrogen (secondary N) is 1. The van der Waals surface area contributed by atoms with Crippen LogP contribution in [0.15, 0.2) is 63.0 Å². The van der Waals surface area contributed by atoms with E-state index in [-0.39, 0.29) is 11.4 Å². The first-order valence-corrected chi connectivity index (χ1v) is 12.8. The molecular formula is C24H23ClN4O3S2. The summed E-state index contributed by atoms with van der Waals surface area (Å²) >= 11 is 8.94. The van der Waals surface area contributed by atoms with Gasteiger partial charge in [-0.05, 0) is 72.6 Å². The molecule has 2 aliphatic rings. The Hall–Kier alpha value is -2.75. The van der Waals surface area contributed by atoms with Crippen molar-refractivity contribution < 1.29 is 14.3 Å². The number of ether oxygens (including phenoxy) is 2. The molecule has 0 bridgehead atoms. The second-order valence-corrected chi connectivity index (χ2v) is 9.97. The highest BCUT2D eigenvalue weighted by molar-refractivity contribution is 8.26. The van der Waals surface area contributed by atoms with Gasteiger partial charge in [-0.15, -0.1) is 11.8 Å². The lowest BCUT2D eigenvalue weighted by molar-refractivity contribution is -0.114. The van der Waals surface area contributed by atoms with Crippen molar-refractivity contribution in [2.45, 2.75) is 24.7 Å². The van der Waals surface area contributed by atoms with E-state index in [1.807, 2.05) is 30.3 Å². The average Bonchev–Trinajstić information content (AvgIpc) is 3.24. The highest BCUT2D eigenvalue weighted by Gasteiger charge is 2.35. The summed E-state index contributed by atoms with van der Waals surface area (Å²) in [5.74, 6) is 1.49. The maximum atomic E-state index is 12.6. The molecule has 0 unspecified atom stereocenters. The number of aliphatic imine (C=N–C) groups is 1. The predicted octanol–water partition coefficient (Wildman–Crippen LogP) is 5.94. The quantitative estimate of drug-likeness (QED) is 0.253. The molecule has 1 N–H and O–H groups in total. The first-order valence-electron chi connectivity index (χ1n) is 10.7. The second-order valence-electron chi connectivity index (χ2n) is 7.32. The lowest BCUT2D eigenvalue weighted by Gasteiger charge is -2.20. The number of methoxy groups -OCH3 is 1. The van der Waals surface area contributed by atoms with Gasteiger partial charge in [-0.3, -0.25) is 10.2 Å². The Balaban J connectivity index is 1.43. The van der Waals surface area contributed by atoms with E-state index in [1.165, 1.54) is 16.8 Å². The van der Waals surface area contributed by atoms with Crippen molar-refractivity contribution in [1.29, 1.82) is 5.41 Å². The number of halogens is 1. The van der Waals surface area contributed by atoms with Crippen molar-refractivity contribution in [2.75, 3.05) is 19.5 Å². The zero-order valence-corrected chi connectivity index (χ0v) is 21.1. The van der Waals surface area contributed by atoms with Crippen LogP contribution < -0.4 is 9.47 Å². The molecule has 4 rings (SSSR count). The summed E-state index contributed by atoms with van der Waals surface area (Å²) in [4.78, 5) is 17.8. The van der Waals surface area contributed by atoms with E-state index in [0.717, 1.165) is 28.5 Å². The summed E-state index contributed by atoms with van der Waals surface area (Å²) in [6, 6.07) is 13.1. The van der Waals surface area contributed by atoms with Gasteiger partial charge in [-0.1, -0.05) is 24.6 Å². The van der Waals surface area contributed by atoms with Crippen molar-refractivity contribution in [3.63, 3.8) is 0 Å². The molecule has 1 amide bonds. The topological polar surface area (TPSA) is 87.3 Å². The van der Waals surface area contributed by atoms with Crippen LogP contribution in [0, 0.1) is 5.41 Å². The fraction of sp³-hybridized carbons (Fsp3) is 0.250. The Kier molecular flexibility index (Phi) is 7.97. The van der Waals surface area contributed by atoms with E-state index < -0.39 is 5.91 Å². The summed E-state index contributed by atoms with van der Waals surface area (Å²) in [5.41, 5.74) is 0.886. The molecule has 2 aliphatic heterocycles. The number of thioether (sulfide) groups is 2. The Morgan fingerprint density at radius 2 is 2.00 bits per heavy atom. The number of hydrogen-bond acceptors (Lipinski definition) is 7. The standard InChI is InChI=1S/C24H23ClN4O3S2/c1-3-4-21-28-29-22(26)18(23(30)27-24(29)34-21)13-15-5-10-19(20(14-15)31-2)32-11-12-33-17-8-6-16(25)7-9-17/h5-10,13-14,26H,3-4,11-12H2,1-2H3. The molecular weight excluding hydrogens is 492 g/mol. The van der Waals surface area contributed by atoms with Gasteiger partial charge in [0.1, 0.15) is 5.04 Å². The van der Waals surface area contributed by atoms with E-state index in [4.69, 9.17) is 26.5 Å². The Morgan fingerprint density at radius 1 is 1.21 bits per heavy atom. The van der Waals surface area contributed by atoms with Crippen molar-refractivity contribution in [2.24, 2.45) is 10.1 Å². The molecule has 0 aromatic heterocycles. The third-order valence-corrected chi connectivity index (χ3v) is 7.08.